The van der Waals surface area contributed by atoms with Gasteiger partial charge in [-0.1, -0.05) is 18.2 Å². The minimum absolute atomic E-state index is 0.0221. The van der Waals surface area contributed by atoms with Crippen molar-refractivity contribution in [2.75, 3.05) is 0 Å². The highest BCUT2D eigenvalue weighted by molar-refractivity contribution is 5.78. The molecule has 1 heterocycles. The molecule has 2 aromatic rings. The van der Waals surface area contributed by atoms with Gasteiger partial charge in [-0.3, -0.25) is 0 Å². The van der Waals surface area contributed by atoms with Gasteiger partial charge in [0.15, 0.2) is 0 Å². The van der Waals surface area contributed by atoms with Crippen LogP contribution < -0.4 is 10.5 Å². The van der Waals surface area contributed by atoms with Gasteiger partial charge in [-0.25, -0.2) is 4.79 Å². The van der Waals surface area contributed by atoms with Crippen LogP contribution in [0.15, 0.2) is 28.7 Å². The van der Waals surface area contributed by atoms with Gasteiger partial charge in [-0.2, -0.15) is 13.2 Å². The molecule has 2 N–H and O–H groups in total. The van der Waals surface area contributed by atoms with E-state index >= 15 is 0 Å². The zero-order valence-electron chi connectivity index (χ0n) is 10.6. The normalized spacial score (nSPS) is 11.4. The number of aromatic nitrogens is 2. The second kappa shape index (κ2) is 5.92. The van der Waals surface area contributed by atoms with E-state index in [0.29, 0.717) is 5.56 Å². The molecule has 0 spiro atoms. The van der Waals surface area contributed by atoms with Crippen LogP contribution in [0.25, 0.3) is 0 Å². The second-order valence-electron chi connectivity index (χ2n) is 3.97. The molecule has 9 heteroatoms. The van der Waals surface area contributed by atoms with E-state index in [2.05, 4.69) is 14.9 Å². The summed E-state index contributed by atoms with van der Waals surface area (Å²) in [5.74, 6) is -2.14. The van der Waals surface area contributed by atoms with E-state index in [1.54, 1.807) is 6.07 Å². The third-order valence-corrected chi connectivity index (χ3v) is 2.43. The van der Waals surface area contributed by atoms with Gasteiger partial charge in [0.25, 0.3) is 0 Å². The average molecular weight is 301 g/mol. The van der Waals surface area contributed by atoms with Crippen molar-refractivity contribution >= 4 is 5.97 Å². The van der Waals surface area contributed by atoms with Gasteiger partial charge in [0.1, 0.15) is 5.75 Å². The largest absolute Gasteiger partial charge is 0.491 e. The summed E-state index contributed by atoms with van der Waals surface area (Å²) in [6.07, 6.45) is -5.04. The van der Waals surface area contributed by atoms with Crippen LogP contribution in [0.5, 0.6) is 5.75 Å². The van der Waals surface area contributed by atoms with Gasteiger partial charge in [-0.05, 0) is 6.07 Å². The van der Waals surface area contributed by atoms with Crippen molar-refractivity contribution in [2.45, 2.75) is 19.1 Å². The number of esters is 1. The summed E-state index contributed by atoms with van der Waals surface area (Å²) in [5, 5.41) is 7.32. The van der Waals surface area contributed by atoms with E-state index in [4.69, 9.17) is 10.2 Å². The first-order valence-electron chi connectivity index (χ1n) is 5.78. The average Bonchev–Trinajstić information content (AvgIpc) is 2.87. The van der Waals surface area contributed by atoms with Gasteiger partial charge in [0.2, 0.25) is 11.8 Å². The van der Waals surface area contributed by atoms with Crippen molar-refractivity contribution in [1.82, 2.24) is 10.2 Å². The van der Waals surface area contributed by atoms with Crippen molar-refractivity contribution < 1.29 is 27.1 Å². The van der Waals surface area contributed by atoms with E-state index in [-0.39, 0.29) is 30.5 Å². The lowest BCUT2D eigenvalue weighted by atomic mass is 10.1. The number of carbonyl (C=O) groups is 1. The molecule has 112 valence electrons. The molecule has 0 saturated carbocycles. The lowest BCUT2D eigenvalue weighted by molar-refractivity contribution is -0.189. The maximum Gasteiger partial charge on any atom is 0.491 e. The zero-order valence-corrected chi connectivity index (χ0v) is 10.6. The van der Waals surface area contributed by atoms with E-state index < -0.39 is 12.1 Å². The third kappa shape index (κ3) is 3.78. The minimum atomic E-state index is -5.07. The van der Waals surface area contributed by atoms with Crippen molar-refractivity contribution in [3.8, 4) is 5.75 Å². The maximum absolute atomic E-state index is 12.2. The van der Waals surface area contributed by atoms with E-state index in [1.165, 1.54) is 18.2 Å². The molecule has 1 aromatic carbocycles. The zero-order chi connectivity index (χ0) is 15.5. The van der Waals surface area contributed by atoms with Crippen molar-refractivity contribution in [1.29, 1.82) is 0 Å². The van der Waals surface area contributed by atoms with Gasteiger partial charge in [-0.15, -0.1) is 10.2 Å². The molecule has 0 amide bonds. The molecule has 2 rings (SSSR count). The summed E-state index contributed by atoms with van der Waals surface area (Å²) in [6.45, 7) is 0.0533. The first-order chi connectivity index (χ1) is 9.90. The molecule has 0 unspecified atom stereocenters. The van der Waals surface area contributed by atoms with Gasteiger partial charge in [0, 0.05) is 5.56 Å². The third-order valence-electron chi connectivity index (χ3n) is 2.43. The fraction of sp³-hybridized carbons (Fsp3) is 0.250. The van der Waals surface area contributed by atoms with Crippen LogP contribution >= 0.6 is 0 Å². The fourth-order valence-electron chi connectivity index (χ4n) is 1.51. The first-order valence-corrected chi connectivity index (χ1v) is 5.78. The highest BCUT2D eigenvalue weighted by Crippen LogP contribution is 2.24. The molecule has 0 saturated heterocycles. The number of carbonyl (C=O) groups excluding carboxylic acids is 1. The smallest absolute Gasteiger partial charge is 0.424 e. The number of ether oxygens (including phenoxy) is 1. The Kier molecular flexibility index (Phi) is 4.22. The summed E-state index contributed by atoms with van der Waals surface area (Å²) in [6, 6.07) is 5.77. The number of rotatable bonds is 4. The molecule has 0 aliphatic rings. The van der Waals surface area contributed by atoms with Crippen LogP contribution in [0.3, 0.4) is 0 Å². The molecule has 0 radical (unpaired) electrons. The number of alkyl halides is 3. The number of nitrogens with two attached hydrogens (primary N) is 1. The summed E-state index contributed by atoms with van der Waals surface area (Å²) in [5.41, 5.74) is 5.62. The van der Waals surface area contributed by atoms with E-state index in [1.807, 2.05) is 0 Å². The topological polar surface area (TPSA) is 91.2 Å². The molecule has 0 fully saturated rings. The Balaban J connectivity index is 2.18. The van der Waals surface area contributed by atoms with Crippen LogP contribution in [0.4, 0.5) is 13.2 Å². The molecule has 0 aliphatic carbocycles. The summed E-state index contributed by atoms with van der Waals surface area (Å²) in [4.78, 5) is 10.9. The monoisotopic (exact) mass is 301 g/mol. The summed E-state index contributed by atoms with van der Waals surface area (Å²) < 4.78 is 46.1. The summed E-state index contributed by atoms with van der Waals surface area (Å²) >= 11 is 0. The number of hydrogen-bond acceptors (Lipinski definition) is 6. The molecule has 6 nitrogen and oxygen atoms in total. The Labute approximate surface area is 116 Å². The SMILES string of the molecule is NCc1nnc(Cc2ccccc2OC(=O)C(F)(F)F)o1. The Hall–Kier alpha value is -2.42. The lowest BCUT2D eigenvalue weighted by Crippen LogP contribution is -2.28. The summed E-state index contributed by atoms with van der Waals surface area (Å²) in [7, 11) is 0. The van der Waals surface area contributed by atoms with Crippen LogP contribution in [0, 0.1) is 0 Å². The van der Waals surface area contributed by atoms with E-state index in [0.717, 1.165) is 0 Å². The molecule has 1 aromatic heterocycles. The van der Waals surface area contributed by atoms with Gasteiger partial charge >= 0.3 is 12.1 Å². The molecular weight excluding hydrogens is 291 g/mol. The number of benzene rings is 1. The Morgan fingerprint density at radius 3 is 2.52 bits per heavy atom. The van der Waals surface area contributed by atoms with Crippen LogP contribution in [-0.4, -0.2) is 22.3 Å². The van der Waals surface area contributed by atoms with Crippen molar-refractivity contribution in [2.24, 2.45) is 5.73 Å². The van der Waals surface area contributed by atoms with Crippen LogP contribution in [0.1, 0.15) is 17.3 Å². The molecule has 0 atom stereocenters. The maximum atomic E-state index is 12.2. The van der Waals surface area contributed by atoms with Gasteiger partial charge < -0.3 is 14.9 Å². The van der Waals surface area contributed by atoms with Crippen molar-refractivity contribution in [3.05, 3.63) is 41.6 Å². The fourth-order valence-corrected chi connectivity index (χ4v) is 1.51. The Morgan fingerprint density at radius 1 is 1.24 bits per heavy atom. The number of halogens is 3. The van der Waals surface area contributed by atoms with E-state index in [9.17, 15) is 18.0 Å². The predicted molar refractivity (Wildman–Crippen MR) is 63.1 cm³/mol. The molecule has 0 aliphatic heterocycles. The quantitative estimate of drug-likeness (QED) is 0.681. The standard InChI is InChI=1S/C12H10F3N3O3/c13-12(14,15)11(19)20-8-4-2-1-3-7(8)5-9-17-18-10(6-16)21-9/h1-4H,5-6,16H2. The number of hydrogen-bond donors (Lipinski definition) is 1. The van der Waals surface area contributed by atoms with Crippen LogP contribution in [0.2, 0.25) is 0 Å². The predicted octanol–water partition coefficient (Wildman–Crippen LogP) is 1.59. The highest BCUT2D eigenvalue weighted by atomic mass is 19.4. The minimum Gasteiger partial charge on any atom is -0.424 e. The van der Waals surface area contributed by atoms with Gasteiger partial charge in [0.05, 0.1) is 13.0 Å². The van der Waals surface area contributed by atoms with Crippen molar-refractivity contribution in [3.63, 3.8) is 0 Å². The molecular formula is C12H10F3N3O3. The molecule has 0 bridgehead atoms. The first kappa shape index (κ1) is 15.0. The molecule has 21 heavy (non-hydrogen) atoms. The highest BCUT2D eigenvalue weighted by Gasteiger charge is 2.41. The lowest BCUT2D eigenvalue weighted by Gasteiger charge is -2.10. The second-order valence-corrected chi connectivity index (χ2v) is 3.97. The Bertz CT molecular complexity index is 640. The number of para-hydroxylation sites is 1. The number of nitrogens with zero attached hydrogens (tertiary/aromatic N) is 2. The Morgan fingerprint density at radius 2 is 1.90 bits per heavy atom. The van der Waals surface area contributed by atoms with Crippen LogP contribution in [-0.2, 0) is 17.8 Å².